The second kappa shape index (κ2) is 4.33. The topological polar surface area (TPSA) is 26.0 Å². The van der Waals surface area contributed by atoms with E-state index in [0.29, 0.717) is 6.54 Å². The highest BCUT2D eigenvalue weighted by atomic mass is 14.5. The summed E-state index contributed by atoms with van der Waals surface area (Å²) in [6, 6.07) is 0. The molecule has 0 aliphatic rings. The monoisotopic (exact) mass is 125 g/mol. The quantitative estimate of drug-likeness (QED) is 0.572. The lowest BCUT2D eigenvalue weighted by Crippen LogP contribution is -2.02. The van der Waals surface area contributed by atoms with E-state index >= 15 is 0 Å². The van der Waals surface area contributed by atoms with Gasteiger partial charge < -0.3 is 5.73 Å². The van der Waals surface area contributed by atoms with Crippen LogP contribution in [0.2, 0.25) is 0 Å². The lowest BCUT2D eigenvalue weighted by Gasteiger charge is -2.01. The number of nitrogens with two attached hydrogens (primary N) is 1. The summed E-state index contributed by atoms with van der Waals surface area (Å²) in [5, 5.41) is 0. The molecule has 0 radical (unpaired) electrons. The fourth-order valence-corrected chi connectivity index (χ4v) is 0.659. The normalized spacial score (nSPS) is 12.8. The number of rotatable bonds is 3. The van der Waals surface area contributed by atoms with Gasteiger partial charge in [-0.25, -0.2) is 0 Å². The molecular weight excluding hydrogens is 110 g/mol. The average molecular weight is 125 g/mol. The van der Waals surface area contributed by atoms with Crippen LogP contribution in [0.1, 0.15) is 20.3 Å². The Hall–Kier alpha value is -0.560. The molecule has 0 rings (SSSR count). The van der Waals surface area contributed by atoms with E-state index < -0.39 is 0 Å². The summed E-state index contributed by atoms with van der Waals surface area (Å²) in [6.45, 7) is 8.48. The molecule has 0 fully saturated rings. The van der Waals surface area contributed by atoms with E-state index in [1.807, 2.05) is 6.08 Å². The van der Waals surface area contributed by atoms with Crippen molar-refractivity contribution in [2.45, 2.75) is 20.3 Å². The molecule has 0 spiro atoms. The molecule has 0 unspecified atom stereocenters. The third kappa shape index (κ3) is 2.47. The summed E-state index contributed by atoms with van der Waals surface area (Å²) in [4.78, 5) is 0. The second-order valence-electron chi connectivity index (χ2n) is 2.07. The van der Waals surface area contributed by atoms with Gasteiger partial charge in [-0.3, -0.25) is 0 Å². The van der Waals surface area contributed by atoms with Crippen molar-refractivity contribution in [3.63, 3.8) is 0 Å². The van der Waals surface area contributed by atoms with Crippen LogP contribution >= 0.6 is 0 Å². The van der Waals surface area contributed by atoms with Gasteiger partial charge in [0.2, 0.25) is 0 Å². The Labute approximate surface area is 57.3 Å². The minimum atomic E-state index is 0.614. The third-order valence-electron chi connectivity index (χ3n) is 1.54. The SMILES string of the molecule is C=C/C(CN)=C(/C)CC. The van der Waals surface area contributed by atoms with Crippen molar-refractivity contribution in [3.8, 4) is 0 Å². The molecule has 0 aromatic carbocycles. The van der Waals surface area contributed by atoms with E-state index in [0.717, 1.165) is 6.42 Å². The van der Waals surface area contributed by atoms with Crippen molar-refractivity contribution in [2.75, 3.05) is 6.54 Å². The highest BCUT2D eigenvalue weighted by molar-refractivity contribution is 5.23. The Morgan fingerprint density at radius 2 is 2.22 bits per heavy atom. The summed E-state index contributed by atoms with van der Waals surface area (Å²) in [5.41, 5.74) is 7.95. The van der Waals surface area contributed by atoms with Crippen LogP contribution < -0.4 is 5.73 Å². The standard InChI is InChI=1S/C8H15N/c1-4-7(3)8(5-2)6-9/h5H,2,4,6,9H2,1,3H3/b8-7+. The van der Waals surface area contributed by atoms with Gasteiger partial charge in [0.05, 0.1) is 0 Å². The van der Waals surface area contributed by atoms with Gasteiger partial charge in [0.25, 0.3) is 0 Å². The van der Waals surface area contributed by atoms with Crippen LogP contribution in [-0.2, 0) is 0 Å². The van der Waals surface area contributed by atoms with Crippen LogP contribution in [0.3, 0.4) is 0 Å². The minimum absolute atomic E-state index is 0.614. The van der Waals surface area contributed by atoms with E-state index in [1.165, 1.54) is 11.1 Å². The molecular formula is C8H15N. The third-order valence-corrected chi connectivity index (χ3v) is 1.54. The fourth-order valence-electron chi connectivity index (χ4n) is 0.659. The zero-order valence-corrected chi connectivity index (χ0v) is 6.28. The number of allylic oxidation sites excluding steroid dienone is 1. The Balaban J connectivity index is 4.18. The van der Waals surface area contributed by atoms with Crippen molar-refractivity contribution in [3.05, 3.63) is 23.8 Å². The van der Waals surface area contributed by atoms with Crippen molar-refractivity contribution >= 4 is 0 Å². The molecule has 0 heterocycles. The van der Waals surface area contributed by atoms with Gasteiger partial charge in [0, 0.05) is 6.54 Å². The molecule has 0 saturated carbocycles. The van der Waals surface area contributed by atoms with Crippen molar-refractivity contribution < 1.29 is 0 Å². The molecule has 52 valence electrons. The van der Waals surface area contributed by atoms with Gasteiger partial charge in [-0.05, 0) is 18.9 Å². The van der Waals surface area contributed by atoms with Crippen LogP contribution in [0, 0.1) is 0 Å². The summed E-state index contributed by atoms with van der Waals surface area (Å²) >= 11 is 0. The van der Waals surface area contributed by atoms with Crippen LogP contribution in [0.25, 0.3) is 0 Å². The summed E-state index contributed by atoms with van der Waals surface area (Å²) in [7, 11) is 0. The molecule has 9 heavy (non-hydrogen) atoms. The van der Waals surface area contributed by atoms with E-state index in [-0.39, 0.29) is 0 Å². The molecule has 1 heteroatoms. The van der Waals surface area contributed by atoms with Crippen LogP contribution in [0.4, 0.5) is 0 Å². The number of hydrogen-bond donors (Lipinski definition) is 1. The molecule has 0 saturated heterocycles. The maximum atomic E-state index is 5.43. The molecule has 0 aromatic rings. The number of hydrogen-bond acceptors (Lipinski definition) is 1. The second-order valence-corrected chi connectivity index (χ2v) is 2.07. The molecule has 0 amide bonds. The first-order valence-corrected chi connectivity index (χ1v) is 3.27. The van der Waals surface area contributed by atoms with Gasteiger partial charge in [-0.15, -0.1) is 0 Å². The maximum absolute atomic E-state index is 5.43. The van der Waals surface area contributed by atoms with Gasteiger partial charge in [-0.2, -0.15) is 0 Å². The van der Waals surface area contributed by atoms with Gasteiger partial charge in [0.15, 0.2) is 0 Å². The first kappa shape index (κ1) is 8.44. The lowest BCUT2D eigenvalue weighted by molar-refractivity contribution is 1.03. The molecule has 0 aromatic heterocycles. The molecule has 1 nitrogen and oxygen atoms in total. The first-order chi connectivity index (χ1) is 4.26. The molecule has 0 aliphatic heterocycles. The van der Waals surface area contributed by atoms with Crippen LogP contribution in [0.15, 0.2) is 23.8 Å². The molecule has 0 aliphatic carbocycles. The summed E-state index contributed by atoms with van der Waals surface area (Å²) < 4.78 is 0. The Kier molecular flexibility index (Phi) is 4.06. The van der Waals surface area contributed by atoms with Gasteiger partial charge in [0.1, 0.15) is 0 Å². The lowest BCUT2D eigenvalue weighted by atomic mass is 10.1. The van der Waals surface area contributed by atoms with E-state index in [2.05, 4.69) is 20.4 Å². The van der Waals surface area contributed by atoms with Gasteiger partial charge >= 0.3 is 0 Å². The highest BCUT2D eigenvalue weighted by Crippen LogP contribution is 2.06. The fraction of sp³-hybridized carbons (Fsp3) is 0.500. The summed E-state index contributed by atoms with van der Waals surface area (Å²) in [5.74, 6) is 0. The predicted octanol–water partition coefficient (Wildman–Crippen LogP) is 1.86. The largest absolute Gasteiger partial charge is 0.326 e. The smallest absolute Gasteiger partial charge is 0.0177 e. The summed E-state index contributed by atoms with van der Waals surface area (Å²) in [6.07, 6.45) is 2.90. The van der Waals surface area contributed by atoms with E-state index in [1.54, 1.807) is 0 Å². The van der Waals surface area contributed by atoms with E-state index in [9.17, 15) is 0 Å². The zero-order valence-electron chi connectivity index (χ0n) is 6.28. The minimum Gasteiger partial charge on any atom is -0.326 e. The molecule has 0 bridgehead atoms. The Morgan fingerprint density at radius 1 is 1.67 bits per heavy atom. The van der Waals surface area contributed by atoms with Gasteiger partial charge in [-0.1, -0.05) is 25.2 Å². The van der Waals surface area contributed by atoms with Crippen molar-refractivity contribution in [1.29, 1.82) is 0 Å². The molecule has 2 N–H and O–H groups in total. The maximum Gasteiger partial charge on any atom is 0.0177 e. The Bertz CT molecular complexity index is 123. The first-order valence-electron chi connectivity index (χ1n) is 3.27. The van der Waals surface area contributed by atoms with E-state index in [4.69, 9.17) is 5.73 Å². The van der Waals surface area contributed by atoms with Crippen molar-refractivity contribution in [2.24, 2.45) is 5.73 Å². The average Bonchev–Trinajstić information content (AvgIpc) is 1.90. The predicted molar refractivity (Wildman–Crippen MR) is 42.2 cm³/mol. The van der Waals surface area contributed by atoms with Crippen molar-refractivity contribution in [1.82, 2.24) is 0 Å². The van der Waals surface area contributed by atoms with Crippen LogP contribution in [0.5, 0.6) is 0 Å². The Morgan fingerprint density at radius 3 is 2.33 bits per heavy atom. The van der Waals surface area contributed by atoms with Crippen LogP contribution in [-0.4, -0.2) is 6.54 Å². The highest BCUT2D eigenvalue weighted by Gasteiger charge is 1.91. The molecule has 0 atom stereocenters. The zero-order chi connectivity index (χ0) is 7.28.